The predicted molar refractivity (Wildman–Crippen MR) is 127 cm³/mol. The zero-order valence-corrected chi connectivity index (χ0v) is 19.7. The molecule has 0 saturated heterocycles. The number of methoxy groups -OCH3 is 3. The highest BCUT2D eigenvalue weighted by Crippen LogP contribution is 2.29. The summed E-state index contributed by atoms with van der Waals surface area (Å²) >= 11 is 3.38. The summed E-state index contributed by atoms with van der Waals surface area (Å²) in [5, 5.41) is 4.00. The lowest BCUT2D eigenvalue weighted by molar-refractivity contribution is 0.0733. The van der Waals surface area contributed by atoms with Crippen LogP contribution in [0, 0.1) is 0 Å². The molecule has 8 nitrogen and oxygen atoms in total. The highest BCUT2D eigenvalue weighted by Gasteiger charge is 2.15. The third-order valence-electron chi connectivity index (χ3n) is 4.52. The number of carbonyl (C=O) groups is 2. The second-order valence-electron chi connectivity index (χ2n) is 6.54. The SMILES string of the molecule is COc1ccc(C(=O)Oc2ccc(Br)cc2/C=N/NC(=O)c2ccccc2OC)cc1OC. The van der Waals surface area contributed by atoms with Gasteiger partial charge in [0.05, 0.1) is 38.7 Å². The molecule has 0 radical (unpaired) electrons. The summed E-state index contributed by atoms with van der Waals surface area (Å²) in [5.41, 5.74) is 3.54. The molecule has 9 heteroatoms. The average molecular weight is 513 g/mol. The lowest BCUT2D eigenvalue weighted by Gasteiger charge is -2.11. The molecule has 0 aliphatic carbocycles. The van der Waals surface area contributed by atoms with Crippen molar-refractivity contribution in [2.24, 2.45) is 5.10 Å². The van der Waals surface area contributed by atoms with Gasteiger partial charge in [-0.2, -0.15) is 5.10 Å². The Morgan fingerprint density at radius 1 is 0.848 bits per heavy atom. The second-order valence-corrected chi connectivity index (χ2v) is 7.46. The minimum Gasteiger partial charge on any atom is -0.496 e. The molecule has 0 heterocycles. The van der Waals surface area contributed by atoms with Crippen molar-refractivity contribution in [1.29, 1.82) is 0 Å². The van der Waals surface area contributed by atoms with Crippen molar-refractivity contribution in [2.45, 2.75) is 0 Å². The molecule has 3 rings (SSSR count). The van der Waals surface area contributed by atoms with Gasteiger partial charge in [0.15, 0.2) is 11.5 Å². The third-order valence-corrected chi connectivity index (χ3v) is 5.01. The van der Waals surface area contributed by atoms with Crippen LogP contribution in [0.5, 0.6) is 23.0 Å². The first-order valence-corrected chi connectivity index (χ1v) is 10.5. The van der Waals surface area contributed by atoms with E-state index in [1.807, 2.05) is 0 Å². The molecule has 0 aliphatic rings. The van der Waals surface area contributed by atoms with Crippen LogP contribution in [0.15, 0.2) is 70.2 Å². The molecule has 170 valence electrons. The molecule has 1 amide bonds. The van der Waals surface area contributed by atoms with Crippen LogP contribution in [0.25, 0.3) is 0 Å². The van der Waals surface area contributed by atoms with Crippen molar-refractivity contribution >= 4 is 34.0 Å². The van der Waals surface area contributed by atoms with Crippen molar-refractivity contribution < 1.29 is 28.5 Å². The number of nitrogens with zero attached hydrogens (tertiary/aromatic N) is 1. The Bertz CT molecular complexity index is 1200. The van der Waals surface area contributed by atoms with Gasteiger partial charge in [-0.05, 0) is 48.5 Å². The number of benzene rings is 3. The van der Waals surface area contributed by atoms with Gasteiger partial charge in [-0.15, -0.1) is 0 Å². The van der Waals surface area contributed by atoms with E-state index in [0.717, 1.165) is 4.47 Å². The van der Waals surface area contributed by atoms with Gasteiger partial charge >= 0.3 is 5.97 Å². The van der Waals surface area contributed by atoms with E-state index in [2.05, 4.69) is 26.5 Å². The number of hydrogen-bond donors (Lipinski definition) is 1. The lowest BCUT2D eigenvalue weighted by atomic mass is 10.2. The van der Waals surface area contributed by atoms with E-state index in [1.165, 1.54) is 33.6 Å². The smallest absolute Gasteiger partial charge is 0.343 e. The number of amides is 1. The minimum absolute atomic E-state index is 0.258. The maximum Gasteiger partial charge on any atom is 0.343 e. The van der Waals surface area contributed by atoms with Crippen LogP contribution >= 0.6 is 15.9 Å². The molecule has 0 aromatic heterocycles. The van der Waals surface area contributed by atoms with Crippen molar-refractivity contribution in [3.05, 3.63) is 81.8 Å². The van der Waals surface area contributed by atoms with E-state index in [0.29, 0.717) is 28.4 Å². The number of carbonyl (C=O) groups excluding carboxylic acids is 2. The standard InChI is InChI=1S/C24H21BrN2O6/c1-30-20-7-5-4-6-18(20)23(28)27-26-14-16-12-17(25)9-11-19(16)33-24(29)15-8-10-21(31-2)22(13-15)32-3/h4-14H,1-3H3,(H,27,28)/b26-14+. The summed E-state index contributed by atoms with van der Waals surface area (Å²) in [6.45, 7) is 0. The summed E-state index contributed by atoms with van der Waals surface area (Å²) in [5.74, 6) is 0.555. The number of ether oxygens (including phenoxy) is 4. The molecule has 3 aromatic rings. The van der Waals surface area contributed by atoms with E-state index in [4.69, 9.17) is 18.9 Å². The van der Waals surface area contributed by atoms with Crippen LogP contribution in [0.4, 0.5) is 0 Å². The molecule has 0 unspecified atom stereocenters. The van der Waals surface area contributed by atoms with Crippen LogP contribution in [-0.4, -0.2) is 39.4 Å². The van der Waals surface area contributed by atoms with E-state index in [9.17, 15) is 9.59 Å². The summed E-state index contributed by atoms with van der Waals surface area (Å²) in [7, 11) is 4.47. The summed E-state index contributed by atoms with van der Waals surface area (Å²) < 4.78 is 21.9. The fourth-order valence-corrected chi connectivity index (χ4v) is 3.27. The van der Waals surface area contributed by atoms with Crippen LogP contribution in [0.1, 0.15) is 26.3 Å². The molecule has 3 aromatic carbocycles. The van der Waals surface area contributed by atoms with Crippen molar-refractivity contribution in [2.75, 3.05) is 21.3 Å². The largest absolute Gasteiger partial charge is 0.496 e. The van der Waals surface area contributed by atoms with E-state index in [-0.39, 0.29) is 11.3 Å². The predicted octanol–water partition coefficient (Wildman–Crippen LogP) is 4.46. The number of esters is 1. The minimum atomic E-state index is -0.592. The van der Waals surface area contributed by atoms with Crippen molar-refractivity contribution in [3.8, 4) is 23.0 Å². The van der Waals surface area contributed by atoms with Gasteiger partial charge in [0.1, 0.15) is 11.5 Å². The fourth-order valence-electron chi connectivity index (χ4n) is 2.89. The number of nitrogens with one attached hydrogen (secondary N) is 1. The molecular formula is C24H21BrN2O6. The molecule has 0 aliphatic heterocycles. The fraction of sp³-hybridized carbons (Fsp3) is 0.125. The number of halogens is 1. The van der Waals surface area contributed by atoms with Gasteiger partial charge in [-0.3, -0.25) is 4.79 Å². The van der Waals surface area contributed by atoms with Gasteiger partial charge in [0.25, 0.3) is 5.91 Å². The van der Waals surface area contributed by atoms with Crippen molar-refractivity contribution in [1.82, 2.24) is 5.43 Å². The van der Waals surface area contributed by atoms with Gasteiger partial charge in [0.2, 0.25) is 0 Å². The number of para-hydroxylation sites is 1. The highest BCUT2D eigenvalue weighted by molar-refractivity contribution is 9.10. The topological polar surface area (TPSA) is 95.5 Å². The highest BCUT2D eigenvalue weighted by atomic mass is 79.9. The Kier molecular flexibility index (Phi) is 8.04. The number of rotatable bonds is 8. The zero-order valence-electron chi connectivity index (χ0n) is 18.1. The van der Waals surface area contributed by atoms with Crippen LogP contribution in [0.3, 0.4) is 0 Å². The van der Waals surface area contributed by atoms with Gasteiger partial charge in [-0.25, -0.2) is 10.2 Å². The van der Waals surface area contributed by atoms with E-state index in [1.54, 1.807) is 54.6 Å². The second kappa shape index (κ2) is 11.1. The molecule has 0 atom stereocenters. The van der Waals surface area contributed by atoms with E-state index < -0.39 is 11.9 Å². The first-order chi connectivity index (χ1) is 16.0. The van der Waals surface area contributed by atoms with Gasteiger partial charge in [0, 0.05) is 10.0 Å². The van der Waals surface area contributed by atoms with Crippen molar-refractivity contribution in [3.63, 3.8) is 0 Å². The quantitative estimate of drug-likeness (QED) is 0.207. The molecule has 0 fully saturated rings. The molecule has 1 N–H and O–H groups in total. The average Bonchev–Trinajstić information content (AvgIpc) is 2.84. The first kappa shape index (κ1) is 23.8. The Balaban J connectivity index is 1.78. The maximum absolute atomic E-state index is 12.7. The normalized spacial score (nSPS) is 10.5. The Labute approximate surface area is 199 Å². The Morgan fingerprint density at radius 2 is 1.55 bits per heavy atom. The Hall–Kier alpha value is -3.85. The summed E-state index contributed by atoms with van der Waals surface area (Å²) in [6.07, 6.45) is 1.38. The maximum atomic E-state index is 12.7. The first-order valence-electron chi connectivity index (χ1n) is 9.67. The lowest BCUT2D eigenvalue weighted by Crippen LogP contribution is -2.18. The molecule has 0 bridgehead atoms. The molecule has 0 saturated carbocycles. The van der Waals surface area contributed by atoms with Crippen LogP contribution in [-0.2, 0) is 0 Å². The summed E-state index contributed by atoms with van der Waals surface area (Å²) in [6, 6.07) is 16.6. The Morgan fingerprint density at radius 3 is 2.27 bits per heavy atom. The molecule has 33 heavy (non-hydrogen) atoms. The van der Waals surface area contributed by atoms with Crippen LogP contribution < -0.4 is 24.4 Å². The summed E-state index contributed by atoms with van der Waals surface area (Å²) in [4.78, 5) is 25.1. The van der Waals surface area contributed by atoms with Gasteiger partial charge in [-0.1, -0.05) is 28.1 Å². The van der Waals surface area contributed by atoms with Crippen LogP contribution in [0.2, 0.25) is 0 Å². The zero-order chi connectivity index (χ0) is 23.8. The number of hydrogen-bond acceptors (Lipinski definition) is 7. The molecular weight excluding hydrogens is 492 g/mol. The number of hydrazone groups is 1. The monoisotopic (exact) mass is 512 g/mol. The van der Waals surface area contributed by atoms with Gasteiger partial charge < -0.3 is 18.9 Å². The van der Waals surface area contributed by atoms with E-state index >= 15 is 0 Å². The third kappa shape index (κ3) is 5.89. The molecule has 0 spiro atoms.